The van der Waals surface area contributed by atoms with E-state index in [1.165, 1.54) is 4.31 Å². The van der Waals surface area contributed by atoms with Crippen molar-refractivity contribution in [1.82, 2.24) is 9.62 Å². The van der Waals surface area contributed by atoms with Crippen LogP contribution in [0, 0.1) is 0 Å². The Kier molecular flexibility index (Phi) is 3.92. The molecule has 0 aromatic rings. The van der Waals surface area contributed by atoms with Gasteiger partial charge >= 0.3 is 0 Å². The summed E-state index contributed by atoms with van der Waals surface area (Å²) in [6, 6.07) is 0.268. The molecule has 1 atom stereocenters. The fourth-order valence-corrected chi connectivity index (χ4v) is 2.91. The van der Waals surface area contributed by atoms with Crippen LogP contribution in [0.4, 0.5) is 0 Å². The lowest BCUT2D eigenvalue weighted by molar-refractivity contribution is 0.452. The molecule has 1 aliphatic rings. The van der Waals surface area contributed by atoms with E-state index in [1.807, 2.05) is 6.92 Å². The third-order valence-corrected chi connectivity index (χ3v) is 4.94. The van der Waals surface area contributed by atoms with Gasteiger partial charge in [-0.1, -0.05) is 6.92 Å². The molecule has 14 heavy (non-hydrogen) atoms. The summed E-state index contributed by atoms with van der Waals surface area (Å²) in [6.07, 6.45) is 2.04. The molecule has 0 spiro atoms. The van der Waals surface area contributed by atoms with E-state index in [1.54, 1.807) is 14.0 Å². The average molecular weight is 220 g/mol. The molecule has 1 rings (SSSR count). The minimum Gasteiger partial charge on any atom is -0.316 e. The Morgan fingerprint density at radius 2 is 2.07 bits per heavy atom. The predicted molar refractivity (Wildman–Crippen MR) is 57.7 cm³/mol. The van der Waals surface area contributed by atoms with Gasteiger partial charge in [0.25, 0.3) is 0 Å². The van der Waals surface area contributed by atoms with Crippen LogP contribution in [0.2, 0.25) is 0 Å². The fourth-order valence-electron chi connectivity index (χ4n) is 1.38. The van der Waals surface area contributed by atoms with Crippen LogP contribution in [-0.2, 0) is 10.0 Å². The summed E-state index contributed by atoms with van der Waals surface area (Å²) in [5.41, 5.74) is 0. The molecule has 0 amide bonds. The number of hydrogen-bond acceptors (Lipinski definition) is 3. The van der Waals surface area contributed by atoms with Crippen molar-refractivity contribution < 1.29 is 8.42 Å². The first-order valence-corrected chi connectivity index (χ1v) is 6.68. The van der Waals surface area contributed by atoms with Crippen molar-refractivity contribution in [3.8, 4) is 0 Å². The van der Waals surface area contributed by atoms with Crippen LogP contribution >= 0.6 is 0 Å². The van der Waals surface area contributed by atoms with Crippen LogP contribution in [0.25, 0.3) is 0 Å². The molecule has 84 valence electrons. The van der Waals surface area contributed by atoms with Crippen molar-refractivity contribution in [2.75, 3.05) is 20.1 Å². The molecular weight excluding hydrogens is 200 g/mol. The first kappa shape index (κ1) is 11.9. The van der Waals surface area contributed by atoms with E-state index in [0.717, 1.165) is 19.4 Å². The molecule has 5 heteroatoms. The van der Waals surface area contributed by atoms with E-state index >= 15 is 0 Å². The fraction of sp³-hybridized carbons (Fsp3) is 1.00. The van der Waals surface area contributed by atoms with E-state index in [0.29, 0.717) is 6.54 Å². The van der Waals surface area contributed by atoms with E-state index in [-0.39, 0.29) is 11.3 Å². The van der Waals surface area contributed by atoms with Crippen molar-refractivity contribution in [1.29, 1.82) is 0 Å². The van der Waals surface area contributed by atoms with Crippen LogP contribution in [0.3, 0.4) is 0 Å². The maximum atomic E-state index is 11.9. The average Bonchev–Trinajstić information content (AvgIpc) is 2.95. The first-order valence-electron chi connectivity index (χ1n) is 5.17. The third kappa shape index (κ3) is 2.68. The van der Waals surface area contributed by atoms with Gasteiger partial charge in [-0.2, -0.15) is 0 Å². The van der Waals surface area contributed by atoms with Crippen molar-refractivity contribution in [3.63, 3.8) is 0 Å². The van der Waals surface area contributed by atoms with Gasteiger partial charge in [0.15, 0.2) is 0 Å². The molecule has 1 fully saturated rings. The van der Waals surface area contributed by atoms with Gasteiger partial charge in [-0.05, 0) is 26.3 Å². The molecule has 0 aromatic heterocycles. The van der Waals surface area contributed by atoms with Crippen molar-refractivity contribution >= 4 is 10.0 Å². The SMILES string of the molecule is CCNCC(C)S(=O)(=O)N(C)C1CC1. The number of nitrogens with zero attached hydrogens (tertiary/aromatic N) is 1. The first-order chi connectivity index (χ1) is 6.50. The second-order valence-electron chi connectivity index (χ2n) is 3.91. The maximum Gasteiger partial charge on any atom is 0.217 e. The van der Waals surface area contributed by atoms with Gasteiger partial charge in [0, 0.05) is 19.6 Å². The van der Waals surface area contributed by atoms with Gasteiger partial charge in [-0.15, -0.1) is 0 Å². The van der Waals surface area contributed by atoms with E-state index in [4.69, 9.17) is 0 Å². The van der Waals surface area contributed by atoms with Gasteiger partial charge in [0.1, 0.15) is 0 Å². The number of hydrogen-bond donors (Lipinski definition) is 1. The third-order valence-electron chi connectivity index (χ3n) is 2.65. The van der Waals surface area contributed by atoms with Crippen LogP contribution in [-0.4, -0.2) is 44.2 Å². The normalized spacial score (nSPS) is 20.0. The Morgan fingerprint density at radius 3 is 2.50 bits per heavy atom. The highest BCUT2D eigenvalue weighted by Gasteiger charge is 2.36. The lowest BCUT2D eigenvalue weighted by Crippen LogP contribution is -2.41. The highest BCUT2D eigenvalue weighted by Crippen LogP contribution is 2.28. The summed E-state index contributed by atoms with van der Waals surface area (Å²) in [4.78, 5) is 0. The maximum absolute atomic E-state index is 11.9. The van der Waals surface area contributed by atoms with Crippen molar-refractivity contribution in [2.45, 2.75) is 38.0 Å². The standard InChI is InChI=1S/C9H20N2O2S/c1-4-10-7-8(2)14(12,13)11(3)9-5-6-9/h8-10H,4-7H2,1-3H3. The summed E-state index contributed by atoms with van der Waals surface area (Å²) in [6.45, 7) is 5.09. The van der Waals surface area contributed by atoms with Gasteiger partial charge in [0.05, 0.1) is 5.25 Å². The molecule has 0 aromatic carbocycles. The molecular formula is C9H20N2O2S. The highest BCUT2D eigenvalue weighted by atomic mass is 32.2. The van der Waals surface area contributed by atoms with Gasteiger partial charge in [-0.25, -0.2) is 12.7 Å². The van der Waals surface area contributed by atoms with Gasteiger partial charge in [0.2, 0.25) is 10.0 Å². The minimum absolute atomic E-state index is 0.268. The predicted octanol–water partition coefficient (Wildman–Crippen LogP) is 0.408. The quantitative estimate of drug-likeness (QED) is 0.705. The van der Waals surface area contributed by atoms with Gasteiger partial charge in [-0.3, -0.25) is 0 Å². The molecule has 1 aliphatic carbocycles. The lowest BCUT2D eigenvalue weighted by Gasteiger charge is -2.21. The molecule has 1 N–H and O–H groups in total. The highest BCUT2D eigenvalue weighted by molar-refractivity contribution is 7.89. The van der Waals surface area contributed by atoms with Crippen LogP contribution in [0.15, 0.2) is 0 Å². The second-order valence-corrected chi connectivity index (χ2v) is 6.32. The Bertz CT molecular complexity index is 273. The number of nitrogens with one attached hydrogen (secondary N) is 1. The molecule has 1 unspecified atom stereocenters. The Balaban J connectivity index is 2.53. The van der Waals surface area contributed by atoms with Crippen molar-refractivity contribution in [3.05, 3.63) is 0 Å². The summed E-state index contributed by atoms with van der Waals surface area (Å²) in [5, 5.41) is 2.74. The number of sulfonamides is 1. The van der Waals surface area contributed by atoms with Gasteiger partial charge < -0.3 is 5.32 Å². The molecule has 0 heterocycles. The monoisotopic (exact) mass is 220 g/mol. The molecule has 0 aliphatic heterocycles. The molecule has 1 saturated carbocycles. The largest absolute Gasteiger partial charge is 0.316 e. The smallest absolute Gasteiger partial charge is 0.217 e. The zero-order valence-corrected chi connectivity index (χ0v) is 9.97. The zero-order chi connectivity index (χ0) is 10.8. The van der Waals surface area contributed by atoms with E-state index < -0.39 is 10.0 Å². The van der Waals surface area contributed by atoms with Crippen LogP contribution in [0.5, 0.6) is 0 Å². The van der Waals surface area contributed by atoms with E-state index in [9.17, 15) is 8.42 Å². The minimum atomic E-state index is -3.08. The molecule has 0 saturated heterocycles. The van der Waals surface area contributed by atoms with Crippen LogP contribution in [0.1, 0.15) is 26.7 Å². The van der Waals surface area contributed by atoms with Crippen molar-refractivity contribution in [2.24, 2.45) is 0 Å². The lowest BCUT2D eigenvalue weighted by atomic mass is 10.5. The summed E-state index contributed by atoms with van der Waals surface area (Å²) in [7, 11) is -1.39. The Morgan fingerprint density at radius 1 is 1.50 bits per heavy atom. The number of rotatable bonds is 6. The second kappa shape index (κ2) is 4.59. The summed E-state index contributed by atoms with van der Waals surface area (Å²) < 4.78 is 25.3. The van der Waals surface area contributed by atoms with E-state index in [2.05, 4.69) is 5.32 Å². The molecule has 4 nitrogen and oxygen atoms in total. The zero-order valence-electron chi connectivity index (χ0n) is 9.16. The topological polar surface area (TPSA) is 49.4 Å². The summed E-state index contributed by atoms with van der Waals surface area (Å²) in [5.74, 6) is 0. The van der Waals surface area contributed by atoms with Crippen LogP contribution < -0.4 is 5.32 Å². The molecule has 0 radical (unpaired) electrons. The Labute approximate surface area is 86.7 Å². The molecule has 0 bridgehead atoms. The summed E-state index contributed by atoms with van der Waals surface area (Å²) >= 11 is 0. The Hall–Kier alpha value is -0.130.